The van der Waals surface area contributed by atoms with Crippen LogP contribution in [-0.2, 0) is 9.73 Å². The molecule has 8 nitrogen and oxygen atoms in total. The van der Waals surface area contributed by atoms with Crippen molar-refractivity contribution in [1.82, 2.24) is 0 Å². The van der Waals surface area contributed by atoms with Gasteiger partial charge in [-0.15, -0.1) is 0 Å². The van der Waals surface area contributed by atoms with Crippen molar-refractivity contribution in [1.29, 1.82) is 0 Å². The molecule has 3 rings (SSSR count). The van der Waals surface area contributed by atoms with Crippen molar-refractivity contribution in [2.45, 2.75) is 45.1 Å². The third-order valence-electron chi connectivity index (χ3n) is 5.68. The molecular weight excluding hydrogens is 476 g/mol. The van der Waals surface area contributed by atoms with Gasteiger partial charge in [-0.2, -0.15) is 4.36 Å². The lowest BCUT2D eigenvalue weighted by molar-refractivity contribution is 0.452. The van der Waals surface area contributed by atoms with Gasteiger partial charge in [0.2, 0.25) is 0 Å². The average molecular weight is 509 g/mol. The van der Waals surface area contributed by atoms with E-state index in [9.17, 15) is 13.8 Å². The van der Waals surface area contributed by atoms with Crippen LogP contribution in [0.2, 0.25) is 0 Å². The summed E-state index contributed by atoms with van der Waals surface area (Å²) in [5, 5.41) is 6.11. The summed E-state index contributed by atoms with van der Waals surface area (Å²) in [4.78, 5) is 25.2. The molecule has 36 heavy (non-hydrogen) atoms. The van der Waals surface area contributed by atoms with Crippen LogP contribution in [0.4, 0.5) is 22.7 Å². The van der Waals surface area contributed by atoms with Crippen molar-refractivity contribution in [3.05, 3.63) is 98.4 Å². The summed E-state index contributed by atoms with van der Waals surface area (Å²) in [6, 6.07) is 6.82. The number of nitrogens with one attached hydrogen (secondary N) is 2. The lowest BCUT2D eigenvalue weighted by atomic mass is 10.1. The van der Waals surface area contributed by atoms with Gasteiger partial charge in [0, 0.05) is 6.26 Å². The van der Waals surface area contributed by atoms with Crippen molar-refractivity contribution >= 4 is 32.5 Å². The van der Waals surface area contributed by atoms with E-state index >= 15 is 0 Å². The Morgan fingerprint density at radius 3 is 2.47 bits per heavy atom. The van der Waals surface area contributed by atoms with Gasteiger partial charge in [0.25, 0.3) is 10.9 Å². The first-order chi connectivity index (χ1) is 17.0. The zero-order valence-corrected chi connectivity index (χ0v) is 22.0. The van der Waals surface area contributed by atoms with E-state index < -0.39 is 20.6 Å². The summed E-state index contributed by atoms with van der Waals surface area (Å²) in [7, 11) is -2.96. The first-order valence-corrected chi connectivity index (χ1v) is 13.5. The number of aryl methyl sites for hydroxylation is 2. The maximum Gasteiger partial charge on any atom is 0.253 e. The number of rotatable bonds is 10. The van der Waals surface area contributed by atoms with Crippen molar-refractivity contribution in [2.24, 2.45) is 4.36 Å². The van der Waals surface area contributed by atoms with Crippen molar-refractivity contribution < 1.29 is 8.63 Å². The SMILES string of the molecule is C=C/C=C(\C=C/C)N=S(C)(=O)c1c(C)ccc(Nc2c(N[C@H](CC)c3ccc(C)o3)c(=O)c2=O)c1N. The Balaban J connectivity index is 2.02. The molecule has 0 aliphatic heterocycles. The quantitative estimate of drug-likeness (QED) is 0.188. The van der Waals surface area contributed by atoms with Gasteiger partial charge in [-0.1, -0.05) is 31.7 Å². The van der Waals surface area contributed by atoms with Gasteiger partial charge in [0.15, 0.2) is 0 Å². The summed E-state index contributed by atoms with van der Waals surface area (Å²) in [5.74, 6) is 1.42. The highest BCUT2D eigenvalue weighted by Crippen LogP contribution is 2.35. The second-order valence-electron chi connectivity index (χ2n) is 8.48. The molecule has 3 aromatic rings. The fourth-order valence-electron chi connectivity index (χ4n) is 3.95. The highest BCUT2D eigenvalue weighted by molar-refractivity contribution is 7.93. The van der Waals surface area contributed by atoms with Gasteiger partial charge >= 0.3 is 0 Å². The first kappa shape index (κ1) is 26.7. The highest BCUT2D eigenvalue weighted by atomic mass is 32.2. The first-order valence-electron chi connectivity index (χ1n) is 11.5. The summed E-state index contributed by atoms with van der Waals surface area (Å²) >= 11 is 0. The standard InChI is InChI=1S/C27H32N4O4S/c1-7-10-18(11-8-2)31-36(6,34)27-16(4)12-14-20(22(27)28)30-24-23(25(32)26(24)33)29-19(9-3)21-15-13-17(5)35-21/h7-8,10-15,19,29-30H,1,9,28H2,2-6H3/b11-8-,18-10+/t19-,36?/m1/s1. The van der Waals surface area contributed by atoms with Gasteiger partial charge in [0.1, 0.15) is 22.9 Å². The third-order valence-corrected chi connectivity index (χ3v) is 7.54. The zero-order chi connectivity index (χ0) is 26.6. The van der Waals surface area contributed by atoms with Gasteiger partial charge in [-0.3, -0.25) is 9.59 Å². The molecule has 1 heterocycles. The lowest BCUT2D eigenvalue weighted by Gasteiger charge is -2.22. The minimum absolute atomic E-state index is 0.101. The Bertz CT molecular complexity index is 1540. The van der Waals surface area contributed by atoms with Crippen LogP contribution in [0.25, 0.3) is 0 Å². The number of nitrogen functional groups attached to an aromatic ring is 1. The van der Waals surface area contributed by atoms with Crippen molar-refractivity contribution in [3.8, 4) is 0 Å². The molecule has 0 saturated heterocycles. The molecule has 0 aliphatic carbocycles. The van der Waals surface area contributed by atoms with Crippen LogP contribution in [0.5, 0.6) is 0 Å². The van der Waals surface area contributed by atoms with E-state index in [-0.39, 0.29) is 23.1 Å². The Morgan fingerprint density at radius 1 is 1.19 bits per heavy atom. The van der Waals surface area contributed by atoms with Crippen LogP contribution in [0.15, 0.2) is 84.1 Å². The lowest BCUT2D eigenvalue weighted by Crippen LogP contribution is -2.37. The molecule has 9 heteroatoms. The molecule has 1 unspecified atom stereocenters. The Kier molecular flexibility index (Phi) is 8.04. The normalized spacial score (nSPS) is 14.5. The largest absolute Gasteiger partial charge is 0.464 e. The molecule has 0 fully saturated rings. The number of nitrogens with two attached hydrogens (primary N) is 1. The second-order valence-corrected chi connectivity index (χ2v) is 10.7. The topological polar surface area (TPSA) is 127 Å². The maximum atomic E-state index is 13.7. The number of anilines is 4. The van der Waals surface area contributed by atoms with Crippen LogP contribution in [0, 0.1) is 13.8 Å². The molecule has 4 N–H and O–H groups in total. The predicted octanol–water partition coefficient (Wildman–Crippen LogP) is 5.48. The zero-order valence-electron chi connectivity index (χ0n) is 21.2. The van der Waals surface area contributed by atoms with E-state index in [2.05, 4.69) is 21.6 Å². The molecule has 1 aromatic heterocycles. The minimum Gasteiger partial charge on any atom is -0.464 e. The van der Waals surface area contributed by atoms with Gasteiger partial charge in [0.05, 0.1) is 37.7 Å². The van der Waals surface area contributed by atoms with Gasteiger partial charge in [-0.25, -0.2) is 4.21 Å². The fraction of sp³-hybridized carbons (Fsp3) is 0.259. The molecule has 0 saturated carbocycles. The van der Waals surface area contributed by atoms with Gasteiger partial charge < -0.3 is 20.8 Å². The number of hydrogen-bond donors (Lipinski definition) is 3. The monoisotopic (exact) mass is 508 g/mol. The van der Waals surface area contributed by atoms with E-state index in [1.165, 1.54) is 6.26 Å². The maximum absolute atomic E-state index is 13.7. The number of furan rings is 1. The average Bonchev–Trinajstić information content (AvgIpc) is 3.25. The summed E-state index contributed by atoms with van der Waals surface area (Å²) in [5.41, 5.74) is 7.17. The van der Waals surface area contributed by atoms with Crippen LogP contribution in [0.1, 0.15) is 43.4 Å². The van der Waals surface area contributed by atoms with E-state index in [4.69, 9.17) is 10.2 Å². The summed E-state index contributed by atoms with van der Waals surface area (Å²) in [6.07, 6.45) is 8.88. The number of hydrogen-bond acceptors (Lipinski definition) is 8. The van der Waals surface area contributed by atoms with Crippen molar-refractivity contribution in [3.63, 3.8) is 0 Å². The third kappa shape index (κ3) is 5.36. The smallest absolute Gasteiger partial charge is 0.253 e. The Labute approximate surface area is 211 Å². The molecule has 2 atom stereocenters. The molecule has 0 radical (unpaired) electrons. The van der Waals surface area contributed by atoms with Gasteiger partial charge in [-0.05, 0) is 63.1 Å². The Hall–Kier alpha value is -3.85. The fourth-order valence-corrected chi connectivity index (χ4v) is 5.75. The van der Waals surface area contributed by atoms with E-state index in [1.807, 2.05) is 32.9 Å². The number of benzene rings is 1. The van der Waals surface area contributed by atoms with Crippen molar-refractivity contribution in [2.75, 3.05) is 22.6 Å². The molecule has 0 spiro atoms. The highest BCUT2D eigenvalue weighted by Gasteiger charge is 2.26. The molecule has 190 valence electrons. The predicted molar refractivity (Wildman–Crippen MR) is 148 cm³/mol. The van der Waals surface area contributed by atoms with E-state index in [1.54, 1.807) is 43.4 Å². The Morgan fingerprint density at radius 2 is 1.89 bits per heavy atom. The number of nitrogens with zero attached hydrogens (tertiary/aromatic N) is 1. The number of allylic oxidation sites excluding steroid dienone is 4. The van der Waals surface area contributed by atoms with Crippen LogP contribution < -0.4 is 27.2 Å². The summed E-state index contributed by atoms with van der Waals surface area (Å²) < 4.78 is 23.8. The van der Waals surface area contributed by atoms with Crippen LogP contribution in [-0.4, -0.2) is 10.5 Å². The minimum atomic E-state index is -2.96. The van der Waals surface area contributed by atoms with E-state index in [0.717, 1.165) is 5.76 Å². The van der Waals surface area contributed by atoms with E-state index in [0.29, 0.717) is 34.0 Å². The summed E-state index contributed by atoms with van der Waals surface area (Å²) in [6.45, 7) is 11.1. The molecule has 2 aromatic carbocycles. The molecule has 0 bridgehead atoms. The molecule has 0 amide bonds. The molecule has 0 aliphatic rings. The second kappa shape index (κ2) is 10.8. The van der Waals surface area contributed by atoms with Crippen LogP contribution in [0.3, 0.4) is 0 Å². The van der Waals surface area contributed by atoms with Crippen LogP contribution >= 0.6 is 0 Å². The molecular formula is C27H32N4O4S.